The minimum Gasteiger partial charge on any atom is -0.312 e. The van der Waals surface area contributed by atoms with Crippen LogP contribution in [0.2, 0.25) is 0 Å². The number of thioether (sulfide) groups is 1. The van der Waals surface area contributed by atoms with Crippen LogP contribution in [0.15, 0.2) is 12.3 Å². The number of nitrogens with one attached hydrogen (secondary N) is 3. The van der Waals surface area contributed by atoms with Crippen LogP contribution in [0.25, 0.3) is 0 Å². The molecule has 15 heavy (non-hydrogen) atoms. The number of anilines is 1. The van der Waals surface area contributed by atoms with Gasteiger partial charge in [-0.25, -0.2) is 0 Å². The van der Waals surface area contributed by atoms with Crippen LogP contribution in [0.5, 0.6) is 0 Å². The number of aromatic nitrogens is 2. The number of rotatable bonds is 3. The van der Waals surface area contributed by atoms with Crippen LogP contribution in [0.3, 0.4) is 0 Å². The number of carbonyl (C=O) groups excluding carboxylic acids is 1. The molecule has 1 atom stereocenters. The summed E-state index contributed by atoms with van der Waals surface area (Å²) in [5.41, 5.74) is 0. The van der Waals surface area contributed by atoms with E-state index < -0.39 is 0 Å². The molecule has 1 fully saturated rings. The van der Waals surface area contributed by atoms with Gasteiger partial charge in [-0.05, 0) is 0 Å². The normalized spacial score (nSPS) is 21.2. The van der Waals surface area contributed by atoms with Gasteiger partial charge in [0.05, 0.1) is 6.20 Å². The number of aromatic amines is 1. The minimum atomic E-state index is 0.0271. The van der Waals surface area contributed by atoms with Gasteiger partial charge in [0.2, 0.25) is 5.91 Å². The Morgan fingerprint density at radius 1 is 1.73 bits per heavy atom. The number of amides is 1. The molecule has 1 unspecified atom stereocenters. The first kappa shape index (κ1) is 10.5. The van der Waals surface area contributed by atoms with E-state index in [0.29, 0.717) is 18.3 Å². The van der Waals surface area contributed by atoms with Crippen molar-refractivity contribution >= 4 is 23.5 Å². The van der Waals surface area contributed by atoms with Crippen LogP contribution < -0.4 is 10.6 Å². The fourth-order valence-electron chi connectivity index (χ4n) is 1.50. The third-order valence-electron chi connectivity index (χ3n) is 2.21. The van der Waals surface area contributed by atoms with E-state index in [1.165, 1.54) is 0 Å². The van der Waals surface area contributed by atoms with Gasteiger partial charge in [0, 0.05) is 36.6 Å². The van der Waals surface area contributed by atoms with Gasteiger partial charge in [0.15, 0.2) is 0 Å². The molecule has 0 bridgehead atoms. The summed E-state index contributed by atoms with van der Waals surface area (Å²) in [6, 6.07) is 2.03. The average molecular weight is 226 g/mol. The van der Waals surface area contributed by atoms with Crippen LogP contribution >= 0.6 is 11.8 Å². The van der Waals surface area contributed by atoms with Crippen molar-refractivity contribution in [3.63, 3.8) is 0 Å². The summed E-state index contributed by atoms with van der Waals surface area (Å²) in [5.74, 6) is 2.83. The van der Waals surface area contributed by atoms with Crippen molar-refractivity contribution in [2.75, 3.05) is 23.4 Å². The van der Waals surface area contributed by atoms with E-state index in [1.54, 1.807) is 12.3 Å². The fourth-order valence-corrected chi connectivity index (χ4v) is 2.45. The Bertz CT molecular complexity index is 308. The third kappa shape index (κ3) is 3.24. The van der Waals surface area contributed by atoms with E-state index in [9.17, 15) is 4.79 Å². The third-order valence-corrected chi connectivity index (χ3v) is 3.34. The highest BCUT2D eigenvalue weighted by Crippen LogP contribution is 2.11. The summed E-state index contributed by atoms with van der Waals surface area (Å²) in [6.07, 6.45) is 2.14. The molecule has 5 nitrogen and oxygen atoms in total. The van der Waals surface area contributed by atoms with Gasteiger partial charge in [-0.1, -0.05) is 0 Å². The molecule has 3 N–H and O–H groups in total. The summed E-state index contributed by atoms with van der Waals surface area (Å²) in [6.45, 7) is 0.993. The molecule has 1 amide bonds. The lowest BCUT2D eigenvalue weighted by Crippen LogP contribution is -2.39. The molecular weight excluding hydrogens is 212 g/mol. The van der Waals surface area contributed by atoms with Crippen molar-refractivity contribution in [2.24, 2.45) is 0 Å². The SMILES string of the molecule is O=C(CC1CSCCN1)Nc1ccn[nH]1. The summed E-state index contributed by atoms with van der Waals surface area (Å²) in [4.78, 5) is 11.6. The monoisotopic (exact) mass is 226 g/mol. The van der Waals surface area contributed by atoms with Crippen molar-refractivity contribution in [3.8, 4) is 0 Å². The molecule has 1 aliphatic rings. The van der Waals surface area contributed by atoms with Crippen molar-refractivity contribution in [2.45, 2.75) is 12.5 Å². The van der Waals surface area contributed by atoms with Crippen LogP contribution in [0.4, 0.5) is 5.82 Å². The number of nitrogens with zero attached hydrogens (tertiary/aromatic N) is 1. The zero-order chi connectivity index (χ0) is 10.5. The Morgan fingerprint density at radius 2 is 2.67 bits per heavy atom. The number of hydrogen-bond donors (Lipinski definition) is 3. The molecule has 1 aliphatic heterocycles. The molecule has 0 aromatic carbocycles. The molecule has 6 heteroatoms. The average Bonchev–Trinajstić information content (AvgIpc) is 2.71. The molecule has 0 aliphatic carbocycles. The zero-order valence-electron chi connectivity index (χ0n) is 8.32. The Hall–Kier alpha value is -1.01. The number of hydrogen-bond acceptors (Lipinski definition) is 4. The summed E-state index contributed by atoms with van der Waals surface area (Å²) >= 11 is 1.89. The number of carbonyl (C=O) groups is 1. The molecule has 2 heterocycles. The summed E-state index contributed by atoms with van der Waals surface area (Å²) < 4.78 is 0. The Morgan fingerprint density at radius 3 is 3.33 bits per heavy atom. The van der Waals surface area contributed by atoms with Gasteiger partial charge in [-0.2, -0.15) is 16.9 Å². The molecule has 0 radical (unpaired) electrons. The van der Waals surface area contributed by atoms with Crippen LogP contribution in [0, 0.1) is 0 Å². The summed E-state index contributed by atoms with van der Waals surface area (Å²) in [5, 5.41) is 12.5. The first-order chi connectivity index (χ1) is 7.34. The largest absolute Gasteiger partial charge is 0.312 e. The van der Waals surface area contributed by atoms with E-state index in [1.807, 2.05) is 11.8 Å². The highest BCUT2D eigenvalue weighted by Gasteiger charge is 2.16. The maximum Gasteiger partial charge on any atom is 0.227 e. The molecule has 2 rings (SSSR count). The van der Waals surface area contributed by atoms with Crippen LogP contribution in [-0.4, -0.2) is 40.2 Å². The van der Waals surface area contributed by atoms with Crippen molar-refractivity contribution < 1.29 is 4.79 Å². The quantitative estimate of drug-likeness (QED) is 0.699. The second-order valence-electron chi connectivity index (χ2n) is 3.45. The second kappa shape index (κ2) is 5.18. The van der Waals surface area contributed by atoms with Gasteiger partial charge in [0.1, 0.15) is 5.82 Å². The van der Waals surface area contributed by atoms with Gasteiger partial charge in [-0.15, -0.1) is 0 Å². The van der Waals surface area contributed by atoms with Gasteiger partial charge < -0.3 is 10.6 Å². The Labute approximate surface area is 92.4 Å². The lowest BCUT2D eigenvalue weighted by molar-refractivity contribution is -0.116. The van der Waals surface area contributed by atoms with Gasteiger partial charge in [0.25, 0.3) is 0 Å². The van der Waals surface area contributed by atoms with E-state index in [4.69, 9.17) is 0 Å². The minimum absolute atomic E-state index is 0.0271. The molecule has 1 saturated heterocycles. The maximum atomic E-state index is 11.6. The van der Waals surface area contributed by atoms with Crippen molar-refractivity contribution in [3.05, 3.63) is 12.3 Å². The topological polar surface area (TPSA) is 69.8 Å². The Balaban J connectivity index is 1.76. The standard InChI is InChI=1S/C9H14N4OS/c14-9(12-8-1-2-11-13-8)5-7-6-15-4-3-10-7/h1-2,7,10H,3-6H2,(H2,11,12,13,14). The smallest absolute Gasteiger partial charge is 0.227 e. The molecule has 82 valence electrons. The molecular formula is C9H14N4OS. The first-order valence-electron chi connectivity index (χ1n) is 4.95. The zero-order valence-corrected chi connectivity index (χ0v) is 9.14. The van der Waals surface area contributed by atoms with E-state index in [0.717, 1.165) is 18.1 Å². The highest BCUT2D eigenvalue weighted by molar-refractivity contribution is 7.99. The molecule has 1 aromatic rings. The van der Waals surface area contributed by atoms with E-state index in [-0.39, 0.29) is 5.91 Å². The van der Waals surface area contributed by atoms with Crippen molar-refractivity contribution in [1.82, 2.24) is 15.5 Å². The number of H-pyrrole nitrogens is 1. The fraction of sp³-hybridized carbons (Fsp3) is 0.556. The van der Waals surface area contributed by atoms with Gasteiger partial charge >= 0.3 is 0 Å². The first-order valence-corrected chi connectivity index (χ1v) is 6.10. The Kier molecular flexibility index (Phi) is 3.63. The molecule has 0 saturated carbocycles. The van der Waals surface area contributed by atoms with E-state index in [2.05, 4.69) is 20.8 Å². The predicted octanol–water partition coefficient (Wildman–Crippen LogP) is 0.443. The lowest BCUT2D eigenvalue weighted by Gasteiger charge is -2.22. The maximum absolute atomic E-state index is 11.6. The van der Waals surface area contributed by atoms with Crippen molar-refractivity contribution in [1.29, 1.82) is 0 Å². The van der Waals surface area contributed by atoms with Gasteiger partial charge in [-0.3, -0.25) is 9.89 Å². The predicted molar refractivity (Wildman–Crippen MR) is 61.0 cm³/mol. The second-order valence-corrected chi connectivity index (χ2v) is 4.60. The molecule has 0 spiro atoms. The van der Waals surface area contributed by atoms with E-state index >= 15 is 0 Å². The highest BCUT2D eigenvalue weighted by atomic mass is 32.2. The molecule has 1 aromatic heterocycles. The van der Waals surface area contributed by atoms with Crippen LogP contribution in [-0.2, 0) is 4.79 Å². The lowest BCUT2D eigenvalue weighted by atomic mass is 10.2. The summed E-state index contributed by atoms with van der Waals surface area (Å²) in [7, 11) is 0. The van der Waals surface area contributed by atoms with Crippen LogP contribution in [0.1, 0.15) is 6.42 Å².